The highest BCUT2D eigenvalue weighted by Gasteiger charge is 2.14. The maximum atomic E-state index is 5.93. The van der Waals surface area contributed by atoms with Crippen molar-refractivity contribution in [2.75, 3.05) is 17.6 Å². The van der Waals surface area contributed by atoms with E-state index >= 15 is 0 Å². The number of hydrogen-bond donors (Lipinski definition) is 2. The standard InChI is InChI=1S/C18H17ClN4/c19-16-11-17(23-18(20)22-16)21-12-15(13-7-3-1-4-8-13)14-9-5-2-6-10-14/h1-11,15H,12H2,(H3,20,21,22,23). The van der Waals surface area contributed by atoms with E-state index in [2.05, 4.69) is 39.6 Å². The summed E-state index contributed by atoms with van der Waals surface area (Å²) in [5, 5.41) is 3.64. The van der Waals surface area contributed by atoms with Crippen molar-refractivity contribution in [3.05, 3.63) is 83.0 Å². The number of nitrogens with two attached hydrogens (primary N) is 1. The van der Waals surface area contributed by atoms with E-state index in [-0.39, 0.29) is 11.9 Å². The molecule has 0 spiro atoms. The Morgan fingerprint density at radius 3 is 2.00 bits per heavy atom. The van der Waals surface area contributed by atoms with Gasteiger partial charge >= 0.3 is 0 Å². The fourth-order valence-corrected chi connectivity index (χ4v) is 2.72. The van der Waals surface area contributed by atoms with Gasteiger partial charge in [-0.15, -0.1) is 0 Å². The number of hydrogen-bond acceptors (Lipinski definition) is 4. The van der Waals surface area contributed by atoms with E-state index in [1.165, 1.54) is 11.1 Å². The summed E-state index contributed by atoms with van der Waals surface area (Å²) in [6.45, 7) is 0.681. The summed E-state index contributed by atoms with van der Waals surface area (Å²) >= 11 is 5.93. The molecule has 0 aliphatic heterocycles. The lowest BCUT2D eigenvalue weighted by Crippen LogP contribution is -2.15. The van der Waals surface area contributed by atoms with Crippen molar-refractivity contribution in [2.24, 2.45) is 0 Å². The van der Waals surface area contributed by atoms with Gasteiger partial charge in [-0.3, -0.25) is 0 Å². The summed E-state index contributed by atoms with van der Waals surface area (Å²) in [5.41, 5.74) is 8.11. The van der Waals surface area contributed by atoms with Crippen molar-refractivity contribution < 1.29 is 0 Å². The van der Waals surface area contributed by atoms with Gasteiger partial charge in [0, 0.05) is 18.5 Å². The number of benzene rings is 2. The smallest absolute Gasteiger partial charge is 0.223 e. The molecular weight excluding hydrogens is 308 g/mol. The summed E-state index contributed by atoms with van der Waals surface area (Å²) in [6, 6.07) is 22.4. The number of halogens is 1. The van der Waals surface area contributed by atoms with Crippen LogP contribution in [0.4, 0.5) is 11.8 Å². The van der Waals surface area contributed by atoms with Crippen LogP contribution >= 0.6 is 11.6 Å². The number of nitrogen functional groups attached to an aromatic ring is 1. The molecule has 3 aromatic rings. The second kappa shape index (κ2) is 7.11. The van der Waals surface area contributed by atoms with Crippen LogP contribution in [0.1, 0.15) is 17.0 Å². The third kappa shape index (κ3) is 3.99. The zero-order valence-corrected chi connectivity index (χ0v) is 13.2. The minimum Gasteiger partial charge on any atom is -0.369 e. The van der Waals surface area contributed by atoms with E-state index in [1.807, 2.05) is 36.4 Å². The van der Waals surface area contributed by atoms with Crippen LogP contribution in [0.5, 0.6) is 0 Å². The Hall–Kier alpha value is -2.59. The fraction of sp³-hybridized carbons (Fsp3) is 0.111. The Morgan fingerprint density at radius 2 is 1.48 bits per heavy atom. The van der Waals surface area contributed by atoms with Crippen LogP contribution < -0.4 is 11.1 Å². The largest absolute Gasteiger partial charge is 0.369 e. The monoisotopic (exact) mass is 324 g/mol. The van der Waals surface area contributed by atoms with Crippen molar-refractivity contribution >= 4 is 23.4 Å². The second-order valence-electron chi connectivity index (χ2n) is 5.19. The third-order valence-corrected chi connectivity index (χ3v) is 3.80. The van der Waals surface area contributed by atoms with Crippen molar-refractivity contribution in [3.8, 4) is 0 Å². The normalized spacial score (nSPS) is 10.7. The van der Waals surface area contributed by atoms with Gasteiger partial charge in [-0.1, -0.05) is 72.3 Å². The van der Waals surface area contributed by atoms with E-state index in [0.29, 0.717) is 17.5 Å². The van der Waals surface area contributed by atoms with Gasteiger partial charge in [0.15, 0.2) is 0 Å². The molecular formula is C18H17ClN4. The first kappa shape index (κ1) is 15.3. The molecule has 0 atom stereocenters. The molecule has 5 heteroatoms. The van der Waals surface area contributed by atoms with E-state index in [1.54, 1.807) is 6.07 Å². The zero-order valence-electron chi connectivity index (χ0n) is 12.5. The number of rotatable bonds is 5. The average Bonchev–Trinajstić information content (AvgIpc) is 2.56. The Labute approximate surface area is 140 Å². The molecule has 116 valence electrons. The van der Waals surface area contributed by atoms with Crippen LogP contribution in [0.3, 0.4) is 0 Å². The first-order chi connectivity index (χ1) is 11.2. The van der Waals surface area contributed by atoms with E-state index in [4.69, 9.17) is 17.3 Å². The molecule has 0 bridgehead atoms. The first-order valence-electron chi connectivity index (χ1n) is 7.36. The average molecular weight is 325 g/mol. The Kier molecular flexibility index (Phi) is 4.74. The third-order valence-electron chi connectivity index (χ3n) is 3.60. The lowest BCUT2D eigenvalue weighted by atomic mass is 9.91. The predicted octanol–water partition coefficient (Wildman–Crippen LogP) is 3.96. The Morgan fingerprint density at radius 1 is 0.913 bits per heavy atom. The SMILES string of the molecule is Nc1nc(Cl)cc(NCC(c2ccccc2)c2ccccc2)n1. The minimum absolute atomic E-state index is 0.163. The highest BCUT2D eigenvalue weighted by atomic mass is 35.5. The van der Waals surface area contributed by atoms with Crippen LogP contribution in [0.2, 0.25) is 5.15 Å². The molecule has 0 aliphatic rings. The summed E-state index contributed by atoms with van der Waals surface area (Å²) in [7, 11) is 0. The fourth-order valence-electron chi connectivity index (χ4n) is 2.53. The summed E-state index contributed by atoms with van der Waals surface area (Å²) in [4.78, 5) is 8.03. The molecule has 3 N–H and O–H groups in total. The molecule has 0 amide bonds. The number of anilines is 2. The predicted molar refractivity (Wildman–Crippen MR) is 94.7 cm³/mol. The highest BCUT2D eigenvalue weighted by Crippen LogP contribution is 2.25. The molecule has 0 unspecified atom stereocenters. The molecule has 1 aromatic heterocycles. The lowest BCUT2D eigenvalue weighted by molar-refractivity contribution is 0.848. The van der Waals surface area contributed by atoms with Crippen LogP contribution in [-0.4, -0.2) is 16.5 Å². The highest BCUT2D eigenvalue weighted by molar-refractivity contribution is 6.29. The molecule has 1 heterocycles. The molecule has 3 rings (SSSR count). The van der Waals surface area contributed by atoms with Gasteiger partial charge < -0.3 is 11.1 Å². The van der Waals surface area contributed by atoms with Crippen molar-refractivity contribution in [2.45, 2.75) is 5.92 Å². The van der Waals surface area contributed by atoms with Crippen molar-refractivity contribution in [3.63, 3.8) is 0 Å². The van der Waals surface area contributed by atoms with Crippen molar-refractivity contribution in [1.29, 1.82) is 0 Å². The van der Waals surface area contributed by atoms with Gasteiger partial charge in [0.1, 0.15) is 11.0 Å². The molecule has 0 radical (unpaired) electrons. The number of nitrogens with one attached hydrogen (secondary N) is 1. The minimum atomic E-state index is 0.163. The van der Waals surface area contributed by atoms with E-state index in [9.17, 15) is 0 Å². The molecule has 4 nitrogen and oxygen atoms in total. The number of nitrogens with zero attached hydrogens (tertiary/aromatic N) is 2. The van der Waals surface area contributed by atoms with Gasteiger partial charge in [0.2, 0.25) is 5.95 Å². The Balaban J connectivity index is 1.85. The maximum absolute atomic E-state index is 5.93. The van der Waals surface area contributed by atoms with Crippen LogP contribution in [-0.2, 0) is 0 Å². The van der Waals surface area contributed by atoms with E-state index in [0.717, 1.165) is 0 Å². The van der Waals surface area contributed by atoms with Crippen molar-refractivity contribution in [1.82, 2.24) is 9.97 Å². The molecule has 0 saturated carbocycles. The van der Waals surface area contributed by atoms with Crippen LogP contribution in [0.15, 0.2) is 66.7 Å². The molecule has 0 saturated heterocycles. The summed E-state index contributed by atoms with van der Waals surface area (Å²) < 4.78 is 0. The first-order valence-corrected chi connectivity index (χ1v) is 7.74. The van der Waals surface area contributed by atoms with Gasteiger partial charge in [-0.2, -0.15) is 4.98 Å². The molecule has 0 fully saturated rings. The molecule has 2 aromatic carbocycles. The van der Waals surface area contributed by atoms with E-state index < -0.39 is 0 Å². The quantitative estimate of drug-likeness (QED) is 0.697. The van der Waals surface area contributed by atoms with Gasteiger partial charge in [-0.05, 0) is 11.1 Å². The van der Waals surface area contributed by atoms with Crippen LogP contribution in [0.25, 0.3) is 0 Å². The summed E-state index contributed by atoms with van der Waals surface area (Å²) in [5.74, 6) is 0.989. The summed E-state index contributed by atoms with van der Waals surface area (Å²) in [6.07, 6.45) is 0. The lowest BCUT2D eigenvalue weighted by Gasteiger charge is -2.19. The second-order valence-corrected chi connectivity index (χ2v) is 5.58. The maximum Gasteiger partial charge on any atom is 0.223 e. The topological polar surface area (TPSA) is 63.8 Å². The van der Waals surface area contributed by atoms with Crippen LogP contribution in [0, 0.1) is 0 Å². The molecule has 0 aliphatic carbocycles. The number of aromatic nitrogens is 2. The zero-order chi connectivity index (χ0) is 16.1. The Bertz CT molecular complexity index is 703. The van der Waals surface area contributed by atoms with Gasteiger partial charge in [0.05, 0.1) is 0 Å². The van der Waals surface area contributed by atoms with Gasteiger partial charge in [0.25, 0.3) is 0 Å². The molecule has 23 heavy (non-hydrogen) atoms. The van der Waals surface area contributed by atoms with Gasteiger partial charge in [-0.25, -0.2) is 4.98 Å².